The van der Waals surface area contributed by atoms with E-state index >= 15 is 0 Å². The number of carboxylic acid groups (broad SMARTS) is 1. The Hall–Kier alpha value is -6.00. The van der Waals surface area contributed by atoms with Crippen molar-refractivity contribution in [1.82, 2.24) is 34.8 Å². The number of aliphatic carboxylic acids is 1. The lowest BCUT2D eigenvalue weighted by Crippen LogP contribution is -2.47. The predicted octanol–water partition coefficient (Wildman–Crippen LogP) is 7.34. The number of rotatable bonds is 16. The largest absolute Gasteiger partial charge is 0.506 e. The number of thiophene rings is 1. The molecule has 15 nitrogen and oxygen atoms in total. The third kappa shape index (κ3) is 10.6. The number of phenols is 1. The zero-order valence-electron chi connectivity index (χ0n) is 35.8. The highest BCUT2D eigenvalue weighted by atomic mass is 35.5. The molecule has 0 saturated carbocycles. The number of hydroxylamine groups is 2. The molecular formula is C47H49ClFN9O6S. The molecule has 4 N–H and O–H groups in total. The summed E-state index contributed by atoms with van der Waals surface area (Å²) in [6, 6.07) is 19.1. The lowest BCUT2D eigenvalue weighted by Gasteiger charge is -2.33. The summed E-state index contributed by atoms with van der Waals surface area (Å²) in [4.78, 5) is 49.0. The van der Waals surface area contributed by atoms with E-state index in [4.69, 9.17) is 21.3 Å². The zero-order chi connectivity index (χ0) is 45.6. The monoisotopic (exact) mass is 921 g/mol. The van der Waals surface area contributed by atoms with Gasteiger partial charge in [0.05, 0.1) is 34.4 Å². The highest BCUT2D eigenvalue weighted by Gasteiger charge is 2.27. The van der Waals surface area contributed by atoms with Crippen molar-refractivity contribution in [2.45, 2.75) is 58.3 Å². The molecule has 2 atom stereocenters. The molecule has 18 heteroatoms. The number of phenolic OH excluding ortho intramolecular Hbond substituents is 1. The summed E-state index contributed by atoms with van der Waals surface area (Å²) in [5.74, 6) is -1.23. The molecule has 5 heterocycles. The van der Waals surface area contributed by atoms with Crippen molar-refractivity contribution in [1.29, 1.82) is 5.26 Å². The molecule has 0 bridgehead atoms. The average molecular weight is 922 g/mol. The minimum absolute atomic E-state index is 0.108. The molecule has 0 radical (unpaired) electrons. The van der Waals surface area contributed by atoms with Crippen LogP contribution >= 0.6 is 22.9 Å². The SMILES string of the molecule is C[C@H](Cc1cc(CN(CCN2CCN(O)CC2)Cc2ccc(-c3c(-c4ccc(F)cc4)sc4nc[nH]c(=O)c34)c(O)c2Cl)ccc1OCc1ccnc(N2CCCCC2C#N)n1)C(=O)O. The van der Waals surface area contributed by atoms with Gasteiger partial charge in [-0.3, -0.25) is 19.4 Å². The number of piperidine rings is 1. The number of aromatic amines is 1. The van der Waals surface area contributed by atoms with Gasteiger partial charge in [0.15, 0.2) is 0 Å². The molecule has 1 unspecified atom stereocenters. The Labute approximate surface area is 383 Å². The fourth-order valence-electron chi connectivity index (χ4n) is 8.40. The van der Waals surface area contributed by atoms with Gasteiger partial charge in [-0.2, -0.15) is 10.3 Å². The minimum atomic E-state index is -0.932. The number of hydrogen-bond donors (Lipinski definition) is 4. The van der Waals surface area contributed by atoms with Crippen molar-refractivity contribution in [3.8, 4) is 39.1 Å². The van der Waals surface area contributed by atoms with Crippen molar-refractivity contribution >= 4 is 45.1 Å². The molecule has 0 spiro atoms. The summed E-state index contributed by atoms with van der Waals surface area (Å²) in [5, 5.41) is 43.2. The number of ether oxygens (including phenoxy) is 1. The molecule has 2 fully saturated rings. The Morgan fingerprint density at radius 1 is 1.06 bits per heavy atom. The number of nitrogens with one attached hydrogen (secondary N) is 1. The average Bonchev–Trinajstić information content (AvgIpc) is 3.70. The number of benzene rings is 3. The van der Waals surface area contributed by atoms with Gasteiger partial charge in [-0.25, -0.2) is 19.3 Å². The zero-order valence-corrected chi connectivity index (χ0v) is 37.4. The van der Waals surface area contributed by atoms with Crippen molar-refractivity contribution in [3.05, 3.63) is 117 Å². The fourth-order valence-corrected chi connectivity index (χ4v) is 9.79. The number of carbonyl (C=O) groups is 1. The number of piperazine rings is 1. The fraction of sp³-hybridized carbons (Fsp3) is 0.362. The maximum absolute atomic E-state index is 14.0. The number of carboxylic acids is 1. The van der Waals surface area contributed by atoms with E-state index in [1.807, 2.05) is 29.2 Å². The van der Waals surface area contributed by atoms with E-state index in [1.54, 1.807) is 37.4 Å². The Kier molecular flexibility index (Phi) is 14.3. The third-order valence-electron chi connectivity index (χ3n) is 12.0. The van der Waals surface area contributed by atoms with E-state index in [0.29, 0.717) is 108 Å². The number of aromatic hydroxyl groups is 1. The second-order valence-corrected chi connectivity index (χ2v) is 17.9. The van der Waals surface area contributed by atoms with Gasteiger partial charge in [0.1, 0.15) is 34.8 Å². The molecule has 0 aliphatic carbocycles. The number of fused-ring (bicyclic) bond motifs is 1. The lowest BCUT2D eigenvalue weighted by molar-refractivity contribution is -0.141. The Morgan fingerprint density at radius 3 is 2.63 bits per heavy atom. The van der Waals surface area contributed by atoms with Crippen LogP contribution in [0, 0.1) is 23.1 Å². The van der Waals surface area contributed by atoms with Crippen molar-refractivity contribution in [2.24, 2.45) is 5.92 Å². The van der Waals surface area contributed by atoms with Gasteiger partial charge in [0, 0.05) is 81.1 Å². The van der Waals surface area contributed by atoms with Crippen LogP contribution in [-0.2, 0) is 30.9 Å². The van der Waals surface area contributed by atoms with Crippen LogP contribution in [0.25, 0.3) is 31.8 Å². The topological polar surface area (TPSA) is 195 Å². The molecule has 3 aromatic heterocycles. The summed E-state index contributed by atoms with van der Waals surface area (Å²) >= 11 is 8.32. The maximum atomic E-state index is 14.0. The van der Waals surface area contributed by atoms with Crippen molar-refractivity contribution in [2.75, 3.05) is 50.7 Å². The summed E-state index contributed by atoms with van der Waals surface area (Å²) in [5.41, 5.74) is 3.92. The van der Waals surface area contributed by atoms with Crippen molar-refractivity contribution in [3.63, 3.8) is 0 Å². The maximum Gasteiger partial charge on any atom is 0.306 e. The number of aromatic nitrogens is 4. The molecule has 3 aromatic carbocycles. The second kappa shape index (κ2) is 20.4. The summed E-state index contributed by atoms with van der Waals surface area (Å²) in [7, 11) is 0. The molecule has 338 valence electrons. The highest BCUT2D eigenvalue weighted by Crippen LogP contribution is 2.48. The van der Waals surface area contributed by atoms with Crippen LogP contribution in [0.3, 0.4) is 0 Å². The number of H-pyrrole nitrogens is 1. The van der Waals surface area contributed by atoms with Crippen LogP contribution in [-0.4, -0.2) is 108 Å². The van der Waals surface area contributed by atoms with Crippen LogP contribution < -0.4 is 15.2 Å². The Morgan fingerprint density at radius 2 is 1.86 bits per heavy atom. The summed E-state index contributed by atoms with van der Waals surface area (Å²) in [6.07, 6.45) is 5.89. The second-order valence-electron chi connectivity index (χ2n) is 16.5. The Balaban J connectivity index is 1.08. The molecule has 8 rings (SSSR count). The van der Waals surface area contributed by atoms with Crippen LogP contribution in [0.1, 0.15) is 48.6 Å². The number of hydrogen-bond acceptors (Lipinski definition) is 14. The first-order valence-electron chi connectivity index (χ1n) is 21.6. The van der Waals surface area contributed by atoms with E-state index in [-0.39, 0.29) is 40.8 Å². The lowest BCUT2D eigenvalue weighted by atomic mass is 9.97. The van der Waals surface area contributed by atoms with E-state index in [1.165, 1.54) is 34.9 Å². The van der Waals surface area contributed by atoms with E-state index < -0.39 is 17.7 Å². The van der Waals surface area contributed by atoms with Crippen molar-refractivity contribution < 1.29 is 29.3 Å². The molecule has 6 aromatic rings. The van der Waals surface area contributed by atoms with Gasteiger partial charge in [-0.1, -0.05) is 54.9 Å². The van der Waals surface area contributed by atoms with Crippen LogP contribution in [0.4, 0.5) is 10.3 Å². The summed E-state index contributed by atoms with van der Waals surface area (Å²) in [6.45, 7) is 6.92. The molecule has 65 heavy (non-hydrogen) atoms. The van der Waals surface area contributed by atoms with Gasteiger partial charge < -0.3 is 30.0 Å². The smallest absolute Gasteiger partial charge is 0.306 e. The van der Waals surface area contributed by atoms with E-state index in [9.17, 15) is 34.7 Å². The molecular weight excluding hydrogens is 873 g/mol. The number of halogens is 2. The van der Waals surface area contributed by atoms with Gasteiger partial charge in [0.2, 0.25) is 5.95 Å². The first-order valence-corrected chi connectivity index (χ1v) is 22.8. The van der Waals surface area contributed by atoms with Crippen LogP contribution in [0.15, 0.2) is 78.0 Å². The first kappa shape index (κ1) is 45.6. The molecule has 2 saturated heterocycles. The van der Waals surface area contributed by atoms with Gasteiger partial charge in [0.25, 0.3) is 5.56 Å². The van der Waals surface area contributed by atoms with Gasteiger partial charge in [-0.15, -0.1) is 11.3 Å². The minimum Gasteiger partial charge on any atom is -0.506 e. The highest BCUT2D eigenvalue weighted by molar-refractivity contribution is 7.22. The van der Waals surface area contributed by atoms with Gasteiger partial charge in [-0.05, 0) is 72.2 Å². The van der Waals surface area contributed by atoms with Crippen LogP contribution in [0.2, 0.25) is 5.02 Å². The molecule has 0 amide bonds. The number of nitrogens with zero attached hydrogens (tertiary/aromatic N) is 8. The summed E-state index contributed by atoms with van der Waals surface area (Å²) < 4.78 is 20.3. The third-order valence-corrected chi connectivity index (χ3v) is 13.6. The number of anilines is 1. The van der Waals surface area contributed by atoms with E-state index in [0.717, 1.165) is 30.4 Å². The molecule has 2 aliphatic heterocycles. The van der Waals surface area contributed by atoms with Gasteiger partial charge >= 0.3 is 5.97 Å². The quantitative estimate of drug-likeness (QED) is 0.0753. The normalized spacial score (nSPS) is 16.5. The standard InChI is InChI=1S/C47H49ClFN9O6S/c1-29(46(61)62)22-33-23-30(5-12-38(33)64-27-35-13-14-51-47(54-35)58-15-3-2-4-36(58)24-50)25-56(17-16-55-18-20-57(63)21-19-55)26-32-8-11-37(42(59)41(32)48)39-40-44(60)52-28-53-45(40)65-43(39)31-6-9-34(49)10-7-31/h5-14,23,28-29,36,59,63H,2-4,15-22,25-27H2,1H3,(H,61,62)(H,52,53,60)/t29-,36?/m1/s1. The number of nitriles is 1. The molecule has 2 aliphatic rings. The predicted molar refractivity (Wildman–Crippen MR) is 246 cm³/mol. The Bertz CT molecular complexity index is 2760. The van der Waals surface area contributed by atoms with E-state index in [2.05, 4.69) is 30.8 Å². The van der Waals surface area contributed by atoms with Crippen LogP contribution in [0.5, 0.6) is 11.5 Å². The first-order chi connectivity index (χ1) is 31.4.